The minimum atomic E-state index is 0.694. The summed E-state index contributed by atoms with van der Waals surface area (Å²) >= 11 is 0. The molecule has 6 heteroatoms. The van der Waals surface area contributed by atoms with Crippen LogP contribution in [-0.4, -0.2) is 31.5 Å². The molecule has 0 amide bonds. The van der Waals surface area contributed by atoms with Gasteiger partial charge in [-0.1, -0.05) is 5.21 Å². The monoisotopic (exact) mass is 272 g/mol. The minimum absolute atomic E-state index is 0.694. The molecule has 1 aliphatic rings. The van der Waals surface area contributed by atoms with Crippen molar-refractivity contribution in [2.75, 3.05) is 6.54 Å². The van der Waals surface area contributed by atoms with E-state index < -0.39 is 0 Å². The molecule has 106 valence electrons. The molecule has 0 bridgehead atoms. The maximum absolute atomic E-state index is 5.73. The third-order valence-corrected chi connectivity index (χ3v) is 4.14. The average Bonchev–Trinajstić information content (AvgIpc) is 2.97. The first-order valence-electron chi connectivity index (χ1n) is 7.20. The van der Waals surface area contributed by atoms with Crippen molar-refractivity contribution in [1.29, 1.82) is 0 Å². The molecule has 0 aliphatic heterocycles. The number of hydrogen-bond donors (Lipinski definition) is 1. The van der Waals surface area contributed by atoms with Gasteiger partial charge in [0, 0.05) is 24.5 Å². The number of nitrogens with two attached hydrogens (primary N) is 1. The zero-order chi connectivity index (χ0) is 13.8. The van der Waals surface area contributed by atoms with Crippen molar-refractivity contribution in [3.8, 4) is 11.3 Å². The molecule has 20 heavy (non-hydrogen) atoms. The Morgan fingerprint density at radius 1 is 1.10 bits per heavy atom. The van der Waals surface area contributed by atoms with E-state index in [0.717, 1.165) is 30.3 Å². The molecule has 0 atom stereocenters. The van der Waals surface area contributed by atoms with E-state index in [9.17, 15) is 0 Å². The van der Waals surface area contributed by atoms with E-state index in [1.54, 1.807) is 12.4 Å². The van der Waals surface area contributed by atoms with Crippen molar-refractivity contribution < 1.29 is 0 Å². The van der Waals surface area contributed by atoms with Gasteiger partial charge in [0.05, 0.1) is 6.20 Å². The first-order valence-corrected chi connectivity index (χ1v) is 7.20. The van der Waals surface area contributed by atoms with E-state index in [1.165, 1.54) is 32.0 Å². The van der Waals surface area contributed by atoms with Gasteiger partial charge in [-0.05, 0) is 44.1 Å². The summed E-state index contributed by atoms with van der Waals surface area (Å²) in [5.41, 5.74) is 7.47. The lowest BCUT2D eigenvalue weighted by Crippen LogP contribution is -2.23. The van der Waals surface area contributed by atoms with Crippen molar-refractivity contribution in [1.82, 2.24) is 25.0 Å². The first kappa shape index (κ1) is 13.2. The second-order valence-corrected chi connectivity index (χ2v) is 5.58. The van der Waals surface area contributed by atoms with Crippen LogP contribution in [0.4, 0.5) is 0 Å². The van der Waals surface area contributed by atoms with Gasteiger partial charge in [0.2, 0.25) is 0 Å². The molecule has 0 spiro atoms. The molecule has 6 nitrogen and oxygen atoms in total. The standard InChI is InChI=1S/C14H20N6/c15-5-11-1-3-12(4-2-11)8-20-9-14(18-19-20)13-6-16-10-17-7-13/h6-7,9-12H,1-5,8,15H2. The van der Waals surface area contributed by atoms with E-state index in [2.05, 4.69) is 20.3 Å². The van der Waals surface area contributed by atoms with E-state index in [1.807, 2.05) is 10.9 Å². The highest BCUT2D eigenvalue weighted by atomic mass is 15.4. The van der Waals surface area contributed by atoms with Crippen LogP contribution < -0.4 is 5.73 Å². The molecule has 0 aromatic carbocycles. The van der Waals surface area contributed by atoms with Gasteiger partial charge in [0.15, 0.2) is 0 Å². The molecule has 1 aliphatic carbocycles. The van der Waals surface area contributed by atoms with Crippen molar-refractivity contribution in [3.05, 3.63) is 24.9 Å². The Labute approximate surface area is 118 Å². The van der Waals surface area contributed by atoms with Gasteiger partial charge >= 0.3 is 0 Å². The molecule has 2 aromatic rings. The van der Waals surface area contributed by atoms with Crippen LogP contribution in [0.15, 0.2) is 24.9 Å². The quantitative estimate of drug-likeness (QED) is 0.912. The summed E-state index contributed by atoms with van der Waals surface area (Å²) < 4.78 is 1.94. The van der Waals surface area contributed by atoms with Crippen LogP contribution in [0.2, 0.25) is 0 Å². The lowest BCUT2D eigenvalue weighted by Gasteiger charge is -2.27. The second-order valence-electron chi connectivity index (χ2n) is 5.58. The molecule has 1 fully saturated rings. The van der Waals surface area contributed by atoms with E-state index >= 15 is 0 Å². The summed E-state index contributed by atoms with van der Waals surface area (Å²) in [5, 5.41) is 8.41. The lowest BCUT2D eigenvalue weighted by atomic mass is 9.82. The Morgan fingerprint density at radius 2 is 1.80 bits per heavy atom. The van der Waals surface area contributed by atoms with E-state index in [0.29, 0.717) is 5.92 Å². The average molecular weight is 272 g/mol. The maximum atomic E-state index is 5.73. The van der Waals surface area contributed by atoms with Crippen molar-refractivity contribution in [2.45, 2.75) is 32.2 Å². The second kappa shape index (κ2) is 6.09. The van der Waals surface area contributed by atoms with Crippen LogP contribution in [0.3, 0.4) is 0 Å². The fraction of sp³-hybridized carbons (Fsp3) is 0.571. The van der Waals surface area contributed by atoms with Gasteiger partial charge < -0.3 is 5.73 Å². The number of rotatable bonds is 4. The van der Waals surface area contributed by atoms with E-state index in [4.69, 9.17) is 5.73 Å². The van der Waals surface area contributed by atoms with Crippen LogP contribution in [0.1, 0.15) is 25.7 Å². The molecule has 0 saturated heterocycles. The fourth-order valence-corrected chi connectivity index (χ4v) is 2.87. The van der Waals surface area contributed by atoms with Gasteiger partial charge in [0.25, 0.3) is 0 Å². The van der Waals surface area contributed by atoms with Gasteiger partial charge in [0.1, 0.15) is 12.0 Å². The molecule has 0 unspecified atom stereocenters. The summed E-state index contributed by atoms with van der Waals surface area (Å²) in [7, 11) is 0. The highest BCUT2D eigenvalue weighted by Gasteiger charge is 2.20. The topological polar surface area (TPSA) is 82.5 Å². The maximum Gasteiger partial charge on any atom is 0.116 e. The Kier molecular flexibility index (Phi) is 4.01. The van der Waals surface area contributed by atoms with Crippen LogP contribution in [-0.2, 0) is 6.54 Å². The number of nitrogens with zero attached hydrogens (tertiary/aromatic N) is 5. The molecule has 3 rings (SSSR count). The predicted octanol–water partition coefficient (Wildman–Crippen LogP) is 1.50. The number of aromatic nitrogens is 5. The Morgan fingerprint density at radius 3 is 2.50 bits per heavy atom. The van der Waals surface area contributed by atoms with E-state index in [-0.39, 0.29) is 0 Å². The zero-order valence-corrected chi connectivity index (χ0v) is 11.5. The summed E-state index contributed by atoms with van der Waals surface area (Å²) in [6, 6.07) is 0. The zero-order valence-electron chi connectivity index (χ0n) is 11.5. The normalized spacial score (nSPS) is 22.9. The molecular weight excluding hydrogens is 252 g/mol. The largest absolute Gasteiger partial charge is 0.330 e. The molecule has 1 saturated carbocycles. The van der Waals surface area contributed by atoms with Crippen molar-refractivity contribution in [3.63, 3.8) is 0 Å². The van der Waals surface area contributed by atoms with Gasteiger partial charge in [-0.3, -0.25) is 4.68 Å². The summed E-state index contributed by atoms with van der Waals surface area (Å²) in [5.74, 6) is 1.42. The third-order valence-electron chi connectivity index (χ3n) is 4.14. The Bertz CT molecular complexity index is 530. The van der Waals surface area contributed by atoms with Crippen molar-refractivity contribution in [2.24, 2.45) is 17.6 Å². The number of hydrogen-bond acceptors (Lipinski definition) is 5. The summed E-state index contributed by atoms with van der Waals surface area (Å²) in [6.07, 6.45) is 12.0. The summed E-state index contributed by atoms with van der Waals surface area (Å²) in [6.45, 7) is 1.77. The smallest absolute Gasteiger partial charge is 0.116 e. The predicted molar refractivity (Wildman–Crippen MR) is 75.6 cm³/mol. The van der Waals surface area contributed by atoms with Crippen LogP contribution in [0.25, 0.3) is 11.3 Å². The highest BCUT2D eigenvalue weighted by Crippen LogP contribution is 2.29. The molecule has 2 N–H and O–H groups in total. The molecule has 2 aromatic heterocycles. The third kappa shape index (κ3) is 3.01. The SMILES string of the molecule is NCC1CCC(Cn2cc(-c3cncnc3)nn2)CC1. The van der Waals surface area contributed by atoms with Crippen molar-refractivity contribution >= 4 is 0 Å². The lowest BCUT2D eigenvalue weighted by molar-refractivity contribution is 0.249. The molecular formula is C14H20N6. The van der Waals surface area contributed by atoms with Crippen LogP contribution in [0, 0.1) is 11.8 Å². The fourth-order valence-electron chi connectivity index (χ4n) is 2.87. The molecule has 2 heterocycles. The van der Waals surface area contributed by atoms with Gasteiger partial charge in [-0.25, -0.2) is 9.97 Å². The Balaban J connectivity index is 1.61. The van der Waals surface area contributed by atoms with Gasteiger partial charge in [-0.15, -0.1) is 5.10 Å². The minimum Gasteiger partial charge on any atom is -0.330 e. The Hall–Kier alpha value is -1.82. The molecule has 0 radical (unpaired) electrons. The van der Waals surface area contributed by atoms with Crippen LogP contribution in [0.5, 0.6) is 0 Å². The van der Waals surface area contributed by atoms with Gasteiger partial charge in [-0.2, -0.15) is 0 Å². The first-order chi connectivity index (χ1) is 9.85. The van der Waals surface area contributed by atoms with Crippen LogP contribution >= 0.6 is 0 Å². The highest BCUT2D eigenvalue weighted by molar-refractivity contribution is 5.54. The summed E-state index contributed by atoms with van der Waals surface area (Å²) in [4.78, 5) is 8.01.